The standard InChI is InChI=1S/C25H20N2O4/c1-16-11-12-19(13-17(16)2)22(28)15-30-25(29)21-10-6-9-20(14-21)24-27-26-23(31-24)18-7-4-3-5-8-18/h3-14H,15H2,1-2H3. The van der Waals surface area contributed by atoms with Gasteiger partial charge in [0.15, 0.2) is 12.4 Å². The first-order chi connectivity index (χ1) is 15.0. The van der Waals surface area contributed by atoms with E-state index in [0.29, 0.717) is 28.5 Å². The van der Waals surface area contributed by atoms with Gasteiger partial charge in [0.25, 0.3) is 0 Å². The van der Waals surface area contributed by atoms with Gasteiger partial charge in [0.05, 0.1) is 5.56 Å². The van der Waals surface area contributed by atoms with E-state index in [-0.39, 0.29) is 12.4 Å². The number of benzene rings is 3. The maximum atomic E-state index is 12.5. The van der Waals surface area contributed by atoms with Gasteiger partial charge in [-0.05, 0) is 61.4 Å². The molecule has 31 heavy (non-hydrogen) atoms. The molecule has 3 aromatic carbocycles. The molecule has 0 atom stereocenters. The van der Waals surface area contributed by atoms with E-state index in [4.69, 9.17) is 9.15 Å². The Morgan fingerprint density at radius 1 is 0.774 bits per heavy atom. The lowest BCUT2D eigenvalue weighted by Crippen LogP contribution is -2.14. The minimum Gasteiger partial charge on any atom is -0.454 e. The van der Waals surface area contributed by atoms with Gasteiger partial charge in [-0.3, -0.25) is 4.79 Å². The van der Waals surface area contributed by atoms with Crippen molar-refractivity contribution in [1.82, 2.24) is 10.2 Å². The van der Waals surface area contributed by atoms with Gasteiger partial charge >= 0.3 is 5.97 Å². The van der Waals surface area contributed by atoms with Crippen molar-refractivity contribution < 1.29 is 18.7 Å². The third-order valence-corrected chi connectivity index (χ3v) is 4.95. The van der Waals surface area contributed by atoms with Crippen molar-refractivity contribution in [2.45, 2.75) is 13.8 Å². The third kappa shape index (κ3) is 4.59. The number of esters is 1. The fraction of sp³-hybridized carbons (Fsp3) is 0.120. The summed E-state index contributed by atoms with van der Waals surface area (Å²) in [6, 6.07) is 21.5. The van der Waals surface area contributed by atoms with Crippen LogP contribution in [0.15, 0.2) is 77.2 Å². The molecule has 154 valence electrons. The quantitative estimate of drug-likeness (QED) is 0.325. The zero-order chi connectivity index (χ0) is 21.8. The highest BCUT2D eigenvalue weighted by atomic mass is 16.5. The lowest BCUT2D eigenvalue weighted by Gasteiger charge is -2.07. The first kappa shape index (κ1) is 20.2. The number of aromatic nitrogens is 2. The molecule has 0 spiro atoms. The van der Waals surface area contributed by atoms with Crippen molar-refractivity contribution in [3.8, 4) is 22.9 Å². The Hall–Kier alpha value is -4.06. The first-order valence-corrected chi connectivity index (χ1v) is 9.78. The summed E-state index contributed by atoms with van der Waals surface area (Å²) in [6.07, 6.45) is 0. The highest BCUT2D eigenvalue weighted by Crippen LogP contribution is 2.24. The van der Waals surface area contributed by atoms with E-state index in [1.165, 1.54) is 0 Å². The minimum absolute atomic E-state index is 0.253. The molecule has 0 saturated heterocycles. The molecular formula is C25H20N2O4. The fourth-order valence-electron chi connectivity index (χ4n) is 3.03. The van der Waals surface area contributed by atoms with E-state index in [9.17, 15) is 9.59 Å². The molecule has 0 fully saturated rings. The van der Waals surface area contributed by atoms with Crippen LogP contribution in [-0.4, -0.2) is 28.6 Å². The summed E-state index contributed by atoms with van der Waals surface area (Å²) in [6.45, 7) is 3.58. The van der Waals surface area contributed by atoms with Gasteiger partial charge in [-0.2, -0.15) is 0 Å². The van der Waals surface area contributed by atoms with Gasteiger partial charge in [-0.15, -0.1) is 10.2 Å². The molecule has 0 aliphatic rings. The Kier molecular flexibility index (Phi) is 5.71. The predicted molar refractivity (Wildman–Crippen MR) is 116 cm³/mol. The molecule has 6 heteroatoms. The second-order valence-corrected chi connectivity index (χ2v) is 7.16. The Balaban J connectivity index is 1.45. The molecule has 0 aliphatic heterocycles. The number of ketones is 1. The van der Waals surface area contributed by atoms with Crippen LogP contribution in [0.1, 0.15) is 31.8 Å². The number of aryl methyl sites for hydroxylation is 2. The summed E-state index contributed by atoms with van der Waals surface area (Å²) in [7, 11) is 0. The van der Waals surface area contributed by atoms with E-state index in [1.54, 1.807) is 36.4 Å². The topological polar surface area (TPSA) is 82.3 Å². The largest absolute Gasteiger partial charge is 0.454 e. The van der Waals surface area contributed by atoms with Crippen LogP contribution in [0.5, 0.6) is 0 Å². The Bertz CT molecular complexity index is 1250. The van der Waals surface area contributed by atoms with Crippen LogP contribution in [0.4, 0.5) is 0 Å². The van der Waals surface area contributed by atoms with Crippen LogP contribution in [0.25, 0.3) is 22.9 Å². The molecule has 4 rings (SSSR count). The summed E-state index contributed by atoms with van der Waals surface area (Å²) >= 11 is 0. The second-order valence-electron chi connectivity index (χ2n) is 7.16. The summed E-state index contributed by atoms with van der Waals surface area (Å²) < 4.78 is 11.0. The number of hydrogen-bond donors (Lipinski definition) is 0. The molecule has 1 aromatic heterocycles. The van der Waals surface area contributed by atoms with Crippen LogP contribution in [0, 0.1) is 13.8 Å². The number of hydrogen-bond acceptors (Lipinski definition) is 6. The van der Waals surface area contributed by atoms with Crippen molar-refractivity contribution >= 4 is 11.8 Å². The van der Waals surface area contributed by atoms with Gasteiger partial charge in [0.2, 0.25) is 11.8 Å². The number of nitrogens with zero attached hydrogens (tertiary/aromatic N) is 2. The average molecular weight is 412 g/mol. The highest BCUT2D eigenvalue weighted by molar-refractivity contribution is 5.99. The molecular weight excluding hydrogens is 392 g/mol. The lowest BCUT2D eigenvalue weighted by atomic mass is 10.0. The van der Waals surface area contributed by atoms with E-state index in [2.05, 4.69) is 10.2 Å². The zero-order valence-corrected chi connectivity index (χ0v) is 17.2. The van der Waals surface area contributed by atoms with Crippen LogP contribution >= 0.6 is 0 Å². The zero-order valence-electron chi connectivity index (χ0n) is 17.2. The van der Waals surface area contributed by atoms with Gasteiger partial charge < -0.3 is 9.15 Å². The van der Waals surface area contributed by atoms with Crippen LogP contribution in [-0.2, 0) is 4.74 Å². The number of Topliss-reactive ketones (excluding diaryl/α,β-unsaturated/α-hetero) is 1. The van der Waals surface area contributed by atoms with Crippen LogP contribution in [0.3, 0.4) is 0 Å². The summed E-state index contributed by atoms with van der Waals surface area (Å²) in [5.74, 6) is -0.166. The van der Waals surface area contributed by atoms with Gasteiger partial charge in [-0.1, -0.05) is 36.4 Å². The van der Waals surface area contributed by atoms with Crippen LogP contribution < -0.4 is 0 Å². The normalized spacial score (nSPS) is 10.6. The van der Waals surface area contributed by atoms with Crippen molar-refractivity contribution in [2.75, 3.05) is 6.61 Å². The highest BCUT2D eigenvalue weighted by Gasteiger charge is 2.15. The molecule has 0 saturated carbocycles. The van der Waals surface area contributed by atoms with Crippen molar-refractivity contribution in [3.63, 3.8) is 0 Å². The molecule has 4 aromatic rings. The number of rotatable bonds is 6. The molecule has 0 unspecified atom stereocenters. The minimum atomic E-state index is -0.596. The molecule has 0 N–H and O–H groups in total. The smallest absolute Gasteiger partial charge is 0.338 e. The van der Waals surface area contributed by atoms with Crippen molar-refractivity contribution in [1.29, 1.82) is 0 Å². The predicted octanol–water partition coefficient (Wildman–Crippen LogP) is 5.06. The summed E-state index contributed by atoms with van der Waals surface area (Å²) in [5.41, 5.74) is 4.32. The number of carbonyl (C=O) groups excluding carboxylic acids is 2. The van der Waals surface area contributed by atoms with Crippen LogP contribution in [0.2, 0.25) is 0 Å². The monoisotopic (exact) mass is 412 g/mol. The molecule has 0 aliphatic carbocycles. The van der Waals surface area contributed by atoms with Gasteiger partial charge in [0.1, 0.15) is 0 Å². The Labute approximate surface area is 179 Å². The molecule has 1 heterocycles. The first-order valence-electron chi connectivity index (χ1n) is 9.78. The second kappa shape index (κ2) is 8.75. The Morgan fingerprint density at radius 3 is 2.23 bits per heavy atom. The molecule has 0 bridgehead atoms. The van der Waals surface area contributed by atoms with Gasteiger partial charge in [-0.25, -0.2) is 4.79 Å². The number of carbonyl (C=O) groups is 2. The molecule has 6 nitrogen and oxygen atoms in total. The maximum absolute atomic E-state index is 12.5. The fourth-order valence-corrected chi connectivity index (χ4v) is 3.03. The summed E-state index contributed by atoms with van der Waals surface area (Å²) in [5, 5.41) is 8.14. The van der Waals surface area contributed by atoms with E-state index < -0.39 is 5.97 Å². The van der Waals surface area contributed by atoms with E-state index >= 15 is 0 Å². The third-order valence-electron chi connectivity index (χ3n) is 4.95. The SMILES string of the molecule is Cc1ccc(C(=O)COC(=O)c2cccc(-c3nnc(-c4ccccc4)o3)c2)cc1C. The van der Waals surface area contributed by atoms with Gasteiger partial charge in [0, 0.05) is 16.7 Å². The van der Waals surface area contributed by atoms with E-state index in [0.717, 1.165) is 16.7 Å². The summed E-state index contributed by atoms with van der Waals surface area (Å²) in [4.78, 5) is 24.8. The van der Waals surface area contributed by atoms with Crippen molar-refractivity contribution in [3.05, 3.63) is 95.1 Å². The van der Waals surface area contributed by atoms with Crippen molar-refractivity contribution in [2.24, 2.45) is 0 Å². The molecule has 0 amide bonds. The average Bonchev–Trinajstić information content (AvgIpc) is 3.30. The lowest BCUT2D eigenvalue weighted by molar-refractivity contribution is 0.0475. The van der Waals surface area contributed by atoms with E-state index in [1.807, 2.05) is 50.2 Å². The Morgan fingerprint density at radius 2 is 1.48 bits per heavy atom. The number of ether oxygens (including phenoxy) is 1. The molecule has 0 radical (unpaired) electrons. The maximum Gasteiger partial charge on any atom is 0.338 e.